The molecule has 2 aromatic rings. The van der Waals surface area contributed by atoms with Gasteiger partial charge in [0.25, 0.3) is 0 Å². The number of carbonyl (C=O) groups is 1. The minimum atomic E-state index is -0.0760. The van der Waals surface area contributed by atoms with Crippen molar-refractivity contribution in [1.82, 2.24) is 14.9 Å². The number of methoxy groups -OCH3 is 1. The number of hydrazone groups is 1. The Labute approximate surface area is 170 Å². The summed E-state index contributed by atoms with van der Waals surface area (Å²) in [5.41, 5.74) is 3.00. The van der Waals surface area contributed by atoms with Crippen LogP contribution in [-0.4, -0.2) is 47.1 Å². The smallest absolute Gasteiger partial charge is 0.241 e. The number of benzene rings is 1. The zero-order chi connectivity index (χ0) is 20.6. The Kier molecular flexibility index (Phi) is 6.99. The molecule has 3 rings (SSSR count). The average molecular weight is 396 g/mol. The number of ether oxygens (including phenoxy) is 1. The second-order valence-electron chi connectivity index (χ2n) is 7.20. The summed E-state index contributed by atoms with van der Waals surface area (Å²) in [5.74, 6) is 6.14. The molecular weight excluding hydrogens is 368 g/mol. The maximum atomic E-state index is 12.1. The van der Waals surface area contributed by atoms with Crippen LogP contribution in [0.25, 0.3) is 5.69 Å². The number of nitrogens with two attached hydrogens (primary N) is 1. The summed E-state index contributed by atoms with van der Waals surface area (Å²) in [6, 6.07) is 5.90. The molecule has 3 N–H and O–H groups in total. The van der Waals surface area contributed by atoms with E-state index >= 15 is 0 Å². The first-order valence-electron chi connectivity index (χ1n) is 9.87. The molecule has 0 spiro atoms. The number of hydrogen-bond donors (Lipinski definition) is 2. The van der Waals surface area contributed by atoms with Crippen molar-refractivity contribution in [3.63, 3.8) is 0 Å². The number of carbonyl (C=O) groups excluding carboxylic acids is 1. The molecule has 1 aliphatic carbocycles. The van der Waals surface area contributed by atoms with E-state index in [4.69, 9.17) is 10.6 Å². The van der Waals surface area contributed by atoms with Gasteiger partial charge in [-0.05, 0) is 31.9 Å². The minimum Gasteiger partial charge on any atom is -0.495 e. The molecule has 0 radical (unpaired) electrons. The highest BCUT2D eigenvalue weighted by Crippen LogP contribution is 2.24. The van der Waals surface area contributed by atoms with E-state index in [1.807, 2.05) is 35.9 Å². The van der Waals surface area contributed by atoms with Crippen molar-refractivity contribution >= 4 is 17.8 Å². The van der Waals surface area contributed by atoms with Crippen LogP contribution in [-0.2, 0) is 4.79 Å². The van der Waals surface area contributed by atoms with Gasteiger partial charge in [-0.3, -0.25) is 9.79 Å². The van der Waals surface area contributed by atoms with Crippen LogP contribution in [0.5, 0.6) is 5.75 Å². The van der Waals surface area contributed by atoms with Gasteiger partial charge in [-0.15, -0.1) is 0 Å². The molecule has 1 saturated carbocycles. The molecule has 0 bridgehead atoms. The summed E-state index contributed by atoms with van der Waals surface area (Å²) >= 11 is 0. The highest BCUT2D eigenvalue weighted by Gasteiger charge is 2.15. The molecular formula is C21H28N6O2. The highest BCUT2D eigenvalue weighted by atomic mass is 16.5. The number of aryl methyl sites for hydroxylation is 1. The molecule has 0 unspecified atom stereocenters. The first-order chi connectivity index (χ1) is 14.1. The lowest BCUT2D eigenvalue weighted by atomic mass is 9.95. The van der Waals surface area contributed by atoms with Crippen molar-refractivity contribution in [2.45, 2.75) is 45.1 Å². The van der Waals surface area contributed by atoms with E-state index in [0.717, 1.165) is 29.8 Å². The number of nitrogens with one attached hydrogen (secondary N) is 1. The van der Waals surface area contributed by atoms with Crippen LogP contribution in [0.15, 0.2) is 40.8 Å². The van der Waals surface area contributed by atoms with Crippen LogP contribution in [0.4, 0.5) is 0 Å². The molecule has 1 fully saturated rings. The molecule has 154 valence electrons. The van der Waals surface area contributed by atoms with Crippen LogP contribution in [0.2, 0.25) is 0 Å². The molecule has 1 aromatic heterocycles. The molecule has 29 heavy (non-hydrogen) atoms. The normalized spacial score (nSPS) is 15.6. The number of rotatable bonds is 7. The van der Waals surface area contributed by atoms with Gasteiger partial charge < -0.3 is 20.5 Å². The zero-order valence-corrected chi connectivity index (χ0v) is 17.0. The Hall–Kier alpha value is -3.16. The van der Waals surface area contributed by atoms with Crippen LogP contribution >= 0.6 is 0 Å². The lowest BCUT2D eigenvalue weighted by Gasteiger charge is -2.22. The van der Waals surface area contributed by atoms with Crippen LogP contribution in [0.3, 0.4) is 0 Å². The average Bonchev–Trinajstić information content (AvgIpc) is 3.17. The molecule has 1 aliphatic rings. The molecule has 1 heterocycles. The van der Waals surface area contributed by atoms with Gasteiger partial charge in [0.1, 0.15) is 18.0 Å². The Morgan fingerprint density at radius 1 is 1.38 bits per heavy atom. The number of nitrogens with zero attached hydrogens (tertiary/aromatic N) is 4. The fourth-order valence-electron chi connectivity index (χ4n) is 3.52. The fraction of sp³-hybridized carbons (Fsp3) is 0.429. The minimum absolute atomic E-state index is 0.0546. The number of aliphatic imine (C=N–C) groups is 1. The first-order valence-corrected chi connectivity index (χ1v) is 9.87. The highest BCUT2D eigenvalue weighted by molar-refractivity contribution is 6.38. The van der Waals surface area contributed by atoms with E-state index in [-0.39, 0.29) is 18.5 Å². The lowest BCUT2D eigenvalue weighted by Crippen LogP contribution is -2.37. The Bertz CT molecular complexity index is 896. The zero-order valence-electron chi connectivity index (χ0n) is 17.0. The molecule has 0 aliphatic heterocycles. The topological polar surface area (TPSA) is 107 Å². The van der Waals surface area contributed by atoms with Crippen molar-refractivity contribution < 1.29 is 9.53 Å². The maximum absolute atomic E-state index is 12.1. The van der Waals surface area contributed by atoms with Crippen molar-refractivity contribution in [2.75, 3.05) is 13.7 Å². The van der Waals surface area contributed by atoms with Crippen LogP contribution in [0, 0.1) is 6.92 Å². The summed E-state index contributed by atoms with van der Waals surface area (Å²) in [5, 5.41) is 6.86. The Morgan fingerprint density at radius 3 is 2.83 bits per heavy atom. The summed E-state index contributed by atoms with van der Waals surface area (Å²) in [6.45, 7) is 1.98. The molecule has 1 aromatic carbocycles. The van der Waals surface area contributed by atoms with Crippen molar-refractivity contribution in [3.05, 3.63) is 42.0 Å². The van der Waals surface area contributed by atoms with E-state index in [0.29, 0.717) is 11.5 Å². The van der Waals surface area contributed by atoms with Gasteiger partial charge in [-0.25, -0.2) is 4.98 Å². The van der Waals surface area contributed by atoms with Crippen molar-refractivity contribution in [3.8, 4) is 11.4 Å². The quantitative estimate of drug-likeness (QED) is 0.426. The second kappa shape index (κ2) is 9.86. The maximum Gasteiger partial charge on any atom is 0.241 e. The van der Waals surface area contributed by atoms with E-state index in [2.05, 4.69) is 20.4 Å². The molecule has 0 atom stereocenters. The molecule has 0 saturated heterocycles. The van der Waals surface area contributed by atoms with Crippen molar-refractivity contribution in [1.29, 1.82) is 0 Å². The SMILES string of the molecule is COc1cc(C(C=NCC(=O)NC2CCCCC2)=NN)ccc1-n1cnc(C)c1. The Morgan fingerprint density at radius 2 is 2.17 bits per heavy atom. The number of aromatic nitrogens is 2. The van der Waals surface area contributed by atoms with E-state index in [1.165, 1.54) is 25.5 Å². The summed E-state index contributed by atoms with van der Waals surface area (Å²) in [6.07, 6.45) is 10.9. The summed E-state index contributed by atoms with van der Waals surface area (Å²) < 4.78 is 7.41. The van der Waals surface area contributed by atoms with Crippen molar-refractivity contribution in [2.24, 2.45) is 15.9 Å². The van der Waals surface area contributed by atoms with Gasteiger partial charge in [0.05, 0.1) is 24.8 Å². The predicted octanol–water partition coefficient (Wildman–Crippen LogP) is 2.37. The standard InChI is InChI=1S/C21H28N6O2/c1-15-13-27(14-24-15)19-9-8-16(10-20(19)29-2)18(26-22)11-23-12-21(28)25-17-6-4-3-5-7-17/h8-11,13-14,17H,3-7,12,22H2,1-2H3,(H,25,28). The van der Waals surface area contributed by atoms with Gasteiger partial charge in [0, 0.05) is 24.0 Å². The van der Waals surface area contributed by atoms with Gasteiger partial charge in [-0.2, -0.15) is 5.10 Å². The second-order valence-corrected chi connectivity index (χ2v) is 7.20. The van der Waals surface area contributed by atoms with Gasteiger partial charge in [0.15, 0.2) is 0 Å². The Balaban J connectivity index is 1.66. The van der Waals surface area contributed by atoms with Crippen LogP contribution in [0.1, 0.15) is 43.4 Å². The van der Waals surface area contributed by atoms with E-state index < -0.39 is 0 Å². The molecule has 8 nitrogen and oxygen atoms in total. The van der Waals surface area contributed by atoms with E-state index in [9.17, 15) is 4.79 Å². The number of imidazole rings is 1. The largest absolute Gasteiger partial charge is 0.495 e. The molecule has 1 amide bonds. The van der Waals surface area contributed by atoms with Gasteiger partial charge in [0.2, 0.25) is 5.91 Å². The predicted molar refractivity (Wildman–Crippen MR) is 114 cm³/mol. The number of hydrogen-bond acceptors (Lipinski definition) is 6. The molecule has 8 heteroatoms. The fourth-order valence-corrected chi connectivity index (χ4v) is 3.52. The summed E-state index contributed by atoms with van der Waals surface area (Å²) in [7, 11) is 1.61. The third-order valence-electron chi connectivity index (χ3n) is 5.02. The third kappa shape index (κ3) is 5.43. The van der Waals surface area contributed by atoms with Gasteiger partial charge in [-0.1, -0.05) is 25.3 Å². The third-order valence-corrected chi connectivity index (χ3v) is 5.02. The monoisotopic (exact) mass is 396 g/mol. The van der Waals surface area contributed by atoms with Crippen LogP contribution < -0.4 is 15.9 Å². The van der Waals surface area contributed by atoms with Gasteiger partial charge >= 0.3 is 0 Å². The first kappa shape index (κ1) is 20.6. The summed E-state index contributed by atoms with van der Waals surface area (Å²) in [4.78, 5) is 20.6. The number of amides is 1. The van der Waals surface area contributed by atoms with E-state index in [1.54, 1.807) is 13.4 Å². The lowest BCUT2D eigenvalue weighted by molar-refractivity contribution is -0.120.